The van der Waals surface area contributed by atoms with Gasteiger partial charge >= 0.3 is 6.16 Å². The predicted molar refractivity (Wildman–Crippen MR) is 123 cm³/mol. The first kappa shape index (κ1) is 22.5. The molecule has 0 aromatic carbocycles. The summed E-state index contributed by atoms with van der Waals surface area (Å²) in [6.45, 7) is 9.07. The van der Waals surface area contributed by atoms with Gasteiger partial charge in [-0.3, -0.25) is 0 Å². The minimum Gasteiger partial charge on any atom is -0.468 e. The molecule has 182 valence electrons. The molecule has 5 heterocycles. The first-order chi connectivity index (χ1) is 16.7. The second-order valence-corrected chi connectivity index (χ2v) is 8.16. The topological polar surface area (TPSA) is 111 Å². The highest BCUT2D eigenvalue weighted by Gasteiger charge is 2.39. The summed E-state index contributed by atoms with van der Waals surface area (Å²) < 4.78 is 27.7. The van der Waals surface area contributed by atoms with Gasteiger partial charge in [0, 0.05) is 26.2 Å². The lowest BCUT2D eigenvalue weighted by atomic mass is 9.90. The highest BCUT2D eigenvalue weighted by Crippen LogP contribution is 2.46. The normalized spacial score (nSPS) is 20.6. The number of aromatic nitrogens is 2. The van der Waals surface area contributed by atoms with Crippen LogP contribution in [0.25, 0.3) is 0 Å². The fourth-order valence-corrected chi connectivity index (χ4v) is 4.41. The van der Waals surface area contributed by atoms with Gasteiger partial charge in [-0.05, 0) is 26.0 Å². The zero-order chi connectivity index (χ0) is 23.5. The smallest absolute Gasteiger partial charge is 0.468 e. The molecule has 1 N–H and O–H groups in total. The molecule has 0 spiro atoms. The van der Waals surface area contributed by atoms with Crippen LogP contribution >= 0.6 is 0 Å². The van der Waals surface area contributed by atoms with Crippen LogP contribution in [0.5, 0.6) is 0 Å². The van der Waals surface area contributed by atoms with Crippen LogP contribution in [0.2, 0.25) is 0 Å². The van der Waals surface area contributed by atoms with Crippen molar-refractivity contribution in [3.63, 3.8) is 0 Å². The molecule has 0 bridgehead atoms. The lowest BCUT2D eigenvalue weighted by Crippen LogP contribution is -2.41. The molecule has 3 aliphatic rings. The van der Waals surface area contributed by atoms with E-state index in [1.807, 2.05) is 19.1 Å². The molecule has 0 aliphatic carbocycles. The van der Waals surface area contributed by atoms with Crippen LogP contribution in [0.4, 0.5) is 22.4 Å². The summed E-state index contributed by atoms with van der Waals surface area (Å²) in [6.07, 6.45) is 0.837. The molecular formula is C23H29N5O6. The Hall–Kier alpha value is -3.31. The maximum Gasteiger partial charge on any atom is 0.513 e. The molecule has 0 radical (unpaired) electrons. The Balaban J connectivity index is 1.64. The number of anilines is 3. The summed E-state index contributed by atoms with van der Waals surface area (Å²) in [5.41, 5.74) is 1.44. The van der Waals surface area contributed by atoms with Crippen molar-refractivity contribution >= 4 is 23.7 Å². The van der Waals surface area contributed by atoms with E-state index in [4.69, 9.17) is 33.3 Å². The van der Waals surface area contributed by atoms with Gasteiger partial charge in [-0.1, -0.05) is 0 Å². The Morgan fingerprint density at radius 1 is 1.12 bits per heavy atom. The lowest BCUT2D eigenvalue weighted by Gasteiger charge is -2.36. The second-order valence-electron chi connectivity index (χ2n) is 8.16. The van der Waals surface area contributed by atoms with Gasteiger partial charge in [-0.2, -0.15) is 9.97 Å². The van der Waals surface area contributed by atoms with Crippen LogP contribution in [-0.4, -0.2) is 75.3 Å². The van der Waals surface area contributed by atoms with E-state index in [-0.39, 0.29) is 6.61 Å². The third kappa shape index (κ3) is 4.40. The van der Waals surface area contributed by atoms with Gasteiger partial charge in [0.05, 0.1) is 50.6 Å². The van der Waals surface area contributed by atoms with E-state index >= 15 is 0 Å². The van der Waals surface area contributed by atoms with Crippen LogP contribution in [-0.2, 0) is 18.9 Å². The van der Waals surface area contributed by atoms with Crippen LogP contribution in [0.15, 0.2) is 34.3 Å². The average Bonchev–Trinajstić information content (AvgIpc) is 3.40. The van der Waals surface area contributed by atoms with Gasteiger partial charge in [0.2, 0.25) is 5.95 Å². The first-order valence-corrected chi connectivity index (χ1v) is 11.6. The summed E-state index contributed by atoms with van der Waals surface area (Å²) >= 11 is 0. The van der Waals surface area contributed by atoms with E-state index in [0.717, 1.165) is 24.5 Å². The standard InChI is InChI=1S/C23H29N5O6/c1-3-32-23(29)34-19-15(2)24-20-18(17(19)16-5-4-10-33-16)21(27-6-11-30-12-7-27)26-22(25-20)28-8-13-31-14-9-28/h4-5,10,17H,3,6-9,11-14H2,1-2H3,(H,24,25,26). The highest BCUT2D eigenvalue weighted by atomic mass is 16.7. The third-order valence-electron chi connectivity index (χ3n) is 6.03. The first-order valence-electron chi connectivity index (χ1n) is 11.6. The fourth-order valence-electron chi connectivity index (χ4n) is 4.41. The van der Waals surface area contributed by atoms with Crippen molar-refractivity contribution in [1.29, 1.82) is 0 Å². The number of nitrogens with one attached hydrogen (secondary N) is 1. The molecule has 2 aromatic rings. The molecule has 1 atom stereocenters. The molecule has 2 fully saturated rings. The summed E-state index contributed by atoms with van der Waals surface area (Å²) in [6, 6.07) is 3.67. The van der Waals surface area contributed by atoms with Crippen molar-refractivity contribution in [3.8, 4) is 0 Å². The number of carbonyl (C=O) groups is 1. The van der Waals surface area contributed by atoms with Gasteiger partial charge in [-0.15, -0.1) is 0 Å². The maximum atomic E-state index is 12.3. The number of nitrogens with zero attached hydrogens (tertiary/aromatic N) is 4. The molecule has 3 aliphatic heterocycles. The number of rotatable bonds is 5. The molecule has 2 aromatic heterocycles. The predicted octanol–water partition coefficient (Wildman–Crippen LogP) is 2.70. The molecule has 5 rings (SSSR count). The van der Waals surface area contributed by atoms with Crippen molar-refractivity contribution in [1.82, 2.24) is 9.97 Å². The Kier molecular flexibility index (Phi) is 6.54. The molecule has 11 nitrogen and oxygen atoms in total. The lowest BCUT2D eigenvalue weighted by molar-refractivity contribution is 0.0771. The van der Waals surface area contributed by atoms with Crippen molar-refractivity contribution in [2.75, 3.05) is 74.3 Å². The molecule has 0 amide bonds. The van der Waals surface area contributed by atoms with Gasteiger partial charge in [0.25, 0.3) is 0 Å². The van der Waals surface area contributed by atoms with Gasteiger partial charge in [0.1, 0.15) is 29.1 Å². The molecule has 2 saturated heterocycles. The highest BCUT2D eigenvalue weighted by molar-refractivity contribution is 5.73. The number of hydrogen-bond acceptors (Lipinski definition) is 11. The van der Waals surface area contributed by atoms with E-state index in [9.17, 15) is 4.79 Å². The maximum absolute atomic E-state index is 12.3. The SMILES string of the molecule is CCOC(=O)OC1=C(C)Nc2nc(N3CCOCC3)nc(N3CCOCC3)c2C1c1ccco1. The van der Waals surface area contributed by atoms with Crippen molar-refractivity contribution in [3.05, 3.63) is 41.2 Å². The van der Waals surface area contributed by atoms with E-state index in [2.05, 4.69) is 15.1 Å². The Morgan fingerprint density at radius 3 is 2.47 bits per heavy atom. The van der Waals surface area contributed by atoms with Crippen LogP contribution < -0.4 is 15.1 Å². The molecule has 0 saturated carbocycles. The number of furan rings is 1. The molecule has 34 heavy (non-hydrogen) atoms. The van der Waals surface area contributed by atoms with E-state index in [1.165, 1.54) is 0 Å². The molecule has 1 unspecified atom stereocenters. The number of carbonyl (C=O) groups excluding carboxylic acids is 1. The number of fused-ring (bicyclic) bond motifs is 1. The Bertz CT molecular complexity index is 1040. The van der Waals surface area contributed by atoms with E-state index < -0.39 is 12.1 Å². The monoisotopic (exact) mass is 471 g/mol. The average molecular weight is 472 g/mol. The van der Waals surface area contributed by atoms with Crippen molar-refractivity contribution in [2.45, 2.75) is 19.8 Å². The number of ether oxygens (including phenoxy) is 4. The minimum atomic E-state index is -0.766. The zero-order valence-corrected chi connectivity index (χ0v) is 19.4. The number of hydrogen-bond donors (Lipinski definition) is 1. The fraction of sp³-hybridized carbons (Fsp3) is 0.522. The van der Waals surface area contributed by atoms with Gasteiger partial charge in [-0.25, -0.2) is 4.79 Å². The zero-order valence-electron chi connectivity index (χ0n) is 19.4. The van der Waals surface area contributed by atoms with Gasteiger partial charge < -0.3 is 38.5 Å². The molecular weight excluding hydrogens is 442 g/mol. The van der Waals surface area contributed by atoms with Crippen LogP contribution in [0.3, 0.4) is 0 Å². The van der Waals surface area contributed by atoms with E-state index in [0.29, 0.717) is 68.5 Å². The molecule has 11 heteroatoms. The quantitative estimate of drug-likeness (QED) is 0.650. The van der Waals surface area contributed by atoms with E-state index in [1.54, 1.807) is 13.2 Å². The Morgan fingerprint density at radius 2 is 1.82 bits per heavy atom. The van der Waals surface area contributed by atoms with Crippen LogP contribution in [0.1, 0.15) is 31.1 Å². The van der Waals surface area contributed by atoms with Gasteiger partial charge in [0.15, 0.2) is 0 Å². The van der Waals surface area contributed by atoms with Crippen molar-refractivity contribution < 1.29 is 28.2 Å². The third-order valence-corrected chi connectivity index (χ3v) is 6.03. The van der Waals surface area contributed by atoms with Crippen molar-refractivity contribution in [2.24, 2.45) is 0 Å². The van der Waals surface area contributed by atoms with Crippen LogP contribution in [0, 0.1) is 0 Å². The largest absolute Gasteiger partial charge is 0.513 e. The second kappa shape index (κ2) is 9.90. The summed E-state index contributed by atoms with van der Waals surface area (Å²) in [4.78, 5) is 26.5. The number of morpholine rings is 2. The Labute approximate surface area is 197 Å². The summed E-state index contributed by atoms with van der Waals surface area (Å²) in [7, 11) is 0. The summed E-state index contributed by atoms with van der Waals surface area (Å²) in [5.74, 6) is 2.56. The summed E-state index contributed by atoms with van der Waals surface area (Å²) in [5, 5.41) is 3.35. The number of allylic oxidation sites excluding steroid dienone is 2. The minimum absolute atomic E-state index is 0.214.